The number of fused-ring (bicyclic) bond motifs is 1. The first-order valence-electron chi connectivity index (χ1n) is 11.9. The maximum atomic E-state index is 13.9. The normalized spacial score (nSPS) is 11.8. The average molecular weight is 495 g/mol. The summed E-state index contributed by atoms with van der Waals surface area (Å²) in [6, 6.07) is 21.5. The van der Waals surface area contributed by atoms with E-state index in [9.17, 15) is 9.59 Å². The Morgan fingerprint density at radius 3 is 2.62 bits per heavy atom. The molecule has 1 atom stereocenters. The van der Waals surface area contributed by atoms with Gasteiger partial charge >= 0.3 is 0 Å². The van der Waals surface area contributed by atoms with Crippen LogP contribution in [-0.2, 0) is 29.2 Å². The average Bonchev–Trinajstić information content (AvgIpc) is 3.59. The lowest BCUT2D eigenvalue weighted by molar-refractivity contribution is -0.142. The lowest BCUT2D eigenvalue weighted by Gasteiger charge is -2.31. The smallest absolute Gasteiger partial charge is 0.247 e. The molecule has 3 aromatic heterocycles. The van der Waals surface area contributed by atoms with Crippen LogP contribution in [0.2, 0.25) is 0 Å². The van der Waals surface area contributed by atoms with Crippen LogP contribution in [0.5, 0.6) is 0 Å². The summed E-state index contributed by atoms with van der Waals surface area (Å²) in [5.41, 5.74) is 4.04. The zero-order chi connectivity index (χ0) is 25.6. The Morgan fingerprint density at radius 1 is 1.03 bits per heavy atom. The van der Waals surface area contributed by atoms with Crippen molar-refractivity contribution in [1.82, 2.24) is 30.2 Å². The highest BCUT2D eigenvalue weighted by Crippen LogP contribution is 2.25. The van der Waals surface area contributed by atoms with Gasteiger partial charge in [0.05, 0.1) is 18.3 Å². The number of pyridine rings is 1. The number of furan rings is 1. The molecule has 0 fully saturated rings. The maximum absolute atomic E-state index is 13.9. The van der Waals surface area contributed by atoms with Crippen LogP contribution in [0.4, 0.5) is 0 Å². The molecule has 186 valence electrons. The summed E-state index contributed by atoms with van der Waals surface area (Å²) in [5, 5.41) is 11.3. The van der Waals surface area contributed by atoms with E-state index >= 15 is 0 Å². The molecule has 5 aromatic rings. The number of amides is 2. The van der Waals surface area contributed by atoms with Gasteiger partial charge in [0.25, 0.3) is 0 Å². The predicted molar refractivity (Wildman–Crippen MR) is 137 cm³/mol. The molecule has 0 bridgehead atoms. The monoisotopic (exact) mass is 494 g/mol. The Labute approximate surface area is 213 Å². The quantitative estimate of drug-likeness (QED) is 0.334. The summed E-state index contributed by atoms with van der Waals surface area (Å²) in [5.74, 6) is -0.00433. The van der Waals surface area contributed by atoms with E-state index in [-0.39, 0.29) is 31.4 Å². The largest absolute Gasteiger partial charge is 0.467 e. The van der Waals surface area contributed by atoms with Crippen molar-refractivity contribution in [3.8, 4) is 0 Å². The van der Waals surface area contributed by atoms with Crippen molar-refractivity contribution in [3.63, 3.8) is 0 Å². The fraction of sp³-hybridized carbons (Fsp3) is 0.179. The molecule has 5 rings (SSSR count). The van der Waals surface area contributed by atoms with Crippen LogP contribution in [0.1, 0.15) is 28.5 Å². The van der Waals surface area contributed by atoms with Crippen LogP contribution in [0, 0.1) is 6.92 Å². The minimum atomic E-state index is -0.924. The lowest BCUT2D eigenvalue weighted by atomic mass is 10.0. The van der Waals surface area contributed by atoms with Crippen LogP contribution in [0.3, 0.4) is 0 Å². The van der Waals surface area contributed by atoms with E-state index in [1.54, 1.807) is 52.5 Å². The van der Waals surface area contributed by atoms with Crippen LogP contribution < -0.4 is 5.32 Å². The fourth-order valence-corrected chi connectivity index (χ4v) is 4.16. The van der Waals surface area contributed by atoms with E-state index in [2.05, 4.69) is 20.6 Å². The number of carbonyl (C=O) groups excluding carboxylic acids is 2. The molecule has 3 heterocycles. The molecule has 0 aliphatic rings. The van der Waals surface area contributed by atoms with Gasteiger partial charge in [0.1, 0.15) is 23.9 Å². The van der Waals surface area contributed by atoms with Gasteiger partial charge in [-0.2, -0.15) is 0 Å². The minimum Gasteiger partial charge on any atom is -0.467 e. The van der Waals surface area contributed by atoms with Gasteiger partial charge in [-0.1, -0.05) is 53.2 Å². The zero-order valence-electron chi connectivity index (χ0n) is 20.3. The summed E-state index contributed by atoms with van der Waals surface area (Å²) >= 11 is 0. The van der Waals surface area contributed by atoms with E-state index < -0.39 is 6.04 Å². The number of aryl methyl sites for hydroxylation is 1. The zero-order valence-corrected chi connectivity index (χ0v) is 20.3. The van der Waals surface area contributed by atoms with Gasteiger partial charge < -0.3 is 14.6 Å². The van der Waals surface area contributed by atoms with E-state index in [0.29, 0.717) is 16.8 Å². The van der Waals surface area contributed by atoms with Gasteiger partial charge in [-0.25, -0.2) is 4.68 Å². The van der Waals surface area contributed by atoms with Crippen molar-refractivity contribution in [2.45, 2.75) is 32.6 Å². The Kier molecular flexibility index (Phi) is 7.02. The second-order valence-corrected chi connectivity index (χ2v) is 8.73. The molecule has 1 N–H and O–H groups in total. The van der Waals surface area contributed by atoms with Crippen molar-refractivity contribution in [3.05, 3.63) is 114 Å². The molecule has 2 aromatic carbocycles. The van der Waals surface area contributed by atoms with E-state index in [4.69, 9.17) is 4.42 Å². The second-order valence-electron chi connectivity index (χ2n) is 8.73. The molecule has 0 aliphatic carbocycles. The van der Waals surface area contributed by atoms with Crippen molar-refractivity contribution >= 4 is 22.8 Å². The number of hydrogen-bond acceptors (Lipinski definition) is 6. The molecule has 9 heteroatoms. The standard InChI is InChI=1S/C28H26N6O3/c1-20-10-12-21(13-11-20)18-33(26(35)19-34-25-9-3-2-8-24(25)31-32-34)27(22-6-4-14-29-16-22)28(36)30-17-23-7-5-15-37-23/h2-16,27H,17-19H2,1H3,(H,30,36)/t27-/m0/s1. The molecule has 0 spiro atoms. The first kappa shape index (κ1) is 23.9. The number of hydrogen-bond donors (Lipinski definition) is 1. The summed E-state index contributed by atoms with van der Waals surface area (Å²) in [6.45, 7) is 2.35. The molecule has 37 heavy (non-hydrogen) atoms. The van der Waals surface area contributed by atoms with Gasteiger partial charge in [-0.3, -0.25) is 14.6 Å². The number of nitrogens with one attached hydrogen (secondary N) is 1. The van der Waals surface area contributed by atoms with Crippen LogP contribution in [-0.4, -0.2) is 36.7 Å². The summed E-state index contributed by atoms with van der Waals surface area (Å²) in [6.07, 6.45) is 4.79. The van der Waals surface area contributed by atoms with Crippen molar-refractivity contribution in [2.75, 3.05) is 0 Å². The van der Waals surface area contributed by atoms with Gasteiger partial charge in [-0.15, -0.1) is 5.10 Å². The van der Waals surface area contributed by atoms with Crippen molar-refractivity contribution in [1.29, 1.82) is 0 Å². The first-order chi connectivity index (χ1) is 18.1. The highest BCUT2D eigenvalue weighted by molar-refractivity contribution is 5.89. The fourth-order valence-electron chi connectivity index (χ4n) is 4.16. The van der Waals surface area contributed by atoms with Gasteiger partial charge in [0, 0.05) is 24.5 Å². The Morgan fingerprint density at radius 2 is 1.86 bits per heavy atom. The van der Waals surface area contributed by atoms with Crippen LogP contribution >= 0.6 is 0 Å². The second kappa shape index (κ2) is 10.9. The molecular formula is C28H26N6O3. The number of aromatic nitrogens is 4. The molecule has 0 aliphatic heterocycles. The minimum absolute atomic E-state index is 0.0748. The molecule has 0 saturated heterocycles. The van der Waals surface area contributed by atoms with Crippen molar-refractivity contribution < 1.29 is 14.0 Å². The topological polar surface area (TPSA) is 106 Å². The highest BCUT2D eigenvalue weighted by Gasteiger charge is 2.32. The lowest BCUT2D eigenvalue weighted by Crippen LogP contribution is -2.44. The van der Waals surface area contributed by atoms with Crippen LogP contribution in [0.25, 0.3) is 11.0 Å². The molecule has 0 radical (unpaired) electrons. The number of benzene rings is 2. The van der Waals surface area contributed by atoms with E-state index in [0.717, 1.165) is 16.6 Å². The third-order valence-electron chi connectivity index (χ3n) is 6.08. The van der Waals surface area contributed by atoms with Gasteiger partial charge in [-0.05, 0) is 42.8 Å². The molecular weight excluding hydrogens is 468 g/mol. The maximum Gasteiger partial charge on any atom is 0.247 e. The predicted octanol–water partition coefficient (Wildman–Crippen LogP) is 3.81. The highest BCUT2D eigenvalue weighted by atomic mass is 16.3. The van der Waals surface area contributed by atoms with E-state index in [1.807, 2.05) is 55.5 Å². The number of carbonyl (C=O) groups is 2. The van der Waals surface area contributed by atoms with Gasteiger partial charge in [0.2, 0.25) is 11.8 Å². The van der Waals surface area contributed by atoms with Crippen LogP contribution in [0.15, 0.2) is 95.9 Å². The Balaban J connectivity index is 1.50. The number of nitrogens with zero attached hydrogens (tertiary/aromatic N) is 5. The third kappa shape index (κ3) is 5.56. The third-order valence-corrected chi connectivity index (χ3v) is 6.08. The number of para-hydroxylation sites is 1. The summed E-state index contributed by atoms with van der Waals surface area (Å²) < 4.78 is 6.93. The molecule has 0 unspecified atom stereocenters. The summed E-state index contributed by atoms with van der Waals surface area (Å²) in [7, 11) is 0. The van der Waals surface area contributed by atoms with E-state index in [1.165, 1.54) is 0 Å². The van der Waals surface area contributed by atoms with Gasteiger partial charge in [0.15, 0.2) is 0 Å². The van der Waals surface area contributed by atoms with Crippen molar-refractivity contribution in [2.24, 2.45) is 0 Å². The Hall–Kier alpha value is -4.79. The number of rotatable bonds is 9. The SMILES string of the molecule is Cc1ccc(CN(C(=O)Cn2nnc3ccccc32)[C@H](C(=O)NCc2ccco2)c2cccnc2)cc1. The Bertz CT molecular complexity index is 1480. The molecule has 2 amide bonds. The first-order valence-corrected chi connectivity index (χ1v) is 11.9. The molecule has 9 nitrogen and oxygen atoms in total. The molecule has 0 saturated carbocycles. The summed E-state index contributed by atoms with van der Waals surface area (Å²) in [4.78, 5) is 33.3.